The molecule has 0 aliphatic heterocycles. The molecule has 0 radical (unpaired) electrons. The molecule has 19 heavy (non-hydrogen) atoms. The molecule has 6 heteroatoms. The molecule has 0 unspecified atom stereocenters. The molecule has 2 rings (SSSR count). The zero-order valence-corrected chi connectivity index (χ0v) is 9.69. The maximum atomic E-state index is 13.4. The predicted molar refractivity (Wildman–Crippen MR) is 65.8 cm³/mol. The molecule has 4 nitrogen and oxygen atoms in total. The fourth-order valence-electron chi connectivity index (χ4n) is 1.50. The number of hydrogen-bond donors (Lipinski definition) is 2. The molecule has 0 aromatic heterocycles. The number of ether oxygens (including phenoxy) is 1. The lowest BCUT2D eigenvalue weighted by molar-refractivity contribution is 0.100. The van der Waals surface area contributed by atoms with Gasteiger partial charge in [0, 0.05) is 5.69 Å². The van der Waals surface area contributed by atoms with E-state index in [-0.39, 0.29) is 22.7 Å². The number of nitrogens with two attached hydrogens (primary N) is 2. The average molecular weight is 264 g/mol. The number of hydrogen-bond acceptors (Lipinski definition) is 3. The Labute approximate surface area is 107 Å². The molecular formula is C13H10F2N2O2. The van der Waals surface area contributed by atoms with E-state index in [1.807, 2.05) is 0 Å². The van der Waals surface area contributed by atoms with Gasteiger partial charge in [0.15, 0.2) is 11.6 Å². The normalized spacial score (nSPS) is 10.2. The Morgan fingerprint density at radius 1 is 1.16 bits per heavy atom. The van der Waals surface area contributed by atoms with Gasteiger partial charge >= 0.3 is 0 Å². The third kappa shape index (κ3) is 2.62. The van der Waals surface area contributed by atoms with Gasteiger partial charge in [-0.1, -0.05) is 6.07 Å². The van der Waals surface area contributed by atoms with Crippen LogP contribution in [-0.4, -0.2) is 5.91 Å². The van der Waals surface area contributed by atoms with Crippen LogP contribution in [0.25, 0.3) is 0 Å². The number of benzene rings is 2. The molecule has 0 spiro atoms. The summed E-state index contributed by atoms with van der Waals surface area (Å²) in [5.74, 6) is -3.03. The Morgan fingerprint density at radius 3 is 2.58 bits per heavy atom. The van der Waals surface area contributed by atoms with Crippen molar-refractivity contribution in [1.82, 2.24) is 0 Å². The number of primary amides is 1. The van der Waals surface area contributed by atoms with Gasteiger partial charge in [0.1, 0.15) is 5.75 Å². The molecule has 1 amide bonds. The van der Waals surface area contributed by atoms with Gasteiger partial charge in [-0.15, -0.1) is 0 Å². The van der Waals surface area contributed by atoms with Crippen molar-refractivity contribution in [3.63, 3.8) is 0 Å². The molecule has 0 fully saturated rings. The molecule has 98 valence electrons. The van der Waals surface area contributed by atoms with Crippen LogP contribution in [0.1, 0.15) is 10.4 Å². The maximum Gasteiger partial charge on any atom is 0.250 e. The van der Waals surface area contributed by atoms with E-state index in [9.17, 15) is 13.6 Å². The second kappa shape index (κ2) is 4.93. The third-order valence-corrected chi connectivity index (χ3v) is 2.43. The Morgan fingerprint density at radius 2 is 1.89 bits per heavy atom. The number of nitrogen functional groups attached to an aromatic ring is 1. The van der Waals surface area contributed by atoms with Crippen molar-refractivity contribution < 1.29 is 18.3 Å². The van der Waals surface area contributed by atoms with Crippen LogP contribution in [0, 0.1) is 11.6 Å². The Balaban J connectivity index is 2.36. The lowest BCUT2D eigenvalue weighted by atomic mass is 10.1. The smallest absolute Gasteiger partial charge is 0.250 e. The molecule has 0 heterocycles. The zero-order chi connectivity index (χ0) is 14.0. The topological polar surface area (TPSA) is 78.3 Å². The largest absolute Gasteiger partial charge is 0.454 e. The van der Waals surface area contributed by atoms with Crippen molar-refractivity contribution in [2.45, 2.75) is 0 Å². The first-order valence-electron chi connectivity index (χ1n) is 5.30. The summed E-state index contributed by atoms with van der Waals surface area (Å²) in [7, 11) is 0. The molecule has 4 N–H and O–H groups in total. The molecule has 0 aliphatic rings. The van der Waals surface area contributed by atoms with Crippen LogP contribution >= 0.6 is 0 Å². The highest BCUT2D eigenvalue weighted by Crippen LogP contribution is 2.27. The molecule has 0 aliphatic carbocycles. The summed E-state index contributed by atoms with van der Waals surface area (Å²) in [5, 5.41) is 0. The summed E-state index contributed by atoms with van der Waals surface area (Å²) in [4.78, 5) is 11.1. The highest BCUT2D eigenvalue weighted by Gasteiger charge is 2.12. The standard InChI is InChI=1S/C13H10F2N2O2/c14-9-2-1-3-11(12(9)15)19-7-4-5-10(16)8(6-7)13(17)18/h1-6H,16H2,(H2,17,18). The minimum atomic E-state index is -1.11. The Bertz CT molecular complexity index is 645. The predicted octanol–water partition coefficient (Wildman–Crippen LogP) is 2.44. The molecule has 0 bridgehead atoms. The van der Waals surface area contributed by atoms with Crippen LogP contribution in [0.2, 0.25) is 0 Å². The summed E-state index contributed by atoms with van der Waals surface area (Å²) in [6.07, 6.45) is 0. The third-order valence-electron chi connectivity index (χ3n) is 2.43. The van der Waals surface area contributed by atoms with E-state index in [1.54, 1.807) is 0 Å². The highest BCUT2D eigenvalue weighted by atomic mass is 19.2. The first-order valence-corrected chi connectivity index (χ1v) is 5.30. The van der Waals surface area contributed by atoms with E-state index in [0.717, 1.165) is 6.07 Å². The molecule has 0 saturated heterocycles. The average Bonchev–Trinajstić information content (AvgIpc) is 2.37. The molecular weight excluding hydrogens is 254 g/mol. The number of rotatable bonds is 3. The summed E-state index contributed by atoms with van der Waals surface area (Å²) < 4.78 is 31.6. The number of carbonyl (C=O) groups is 1. The maximum absolute atomic E-state index is 13.4. The fourth-order valence-corrected chi connectivity index (χ4v) is 1.50. The monoisotopic (exact) mass is 264 g/mol. The van der Waals surface area contributed by atoms with Gasteiger partial charge in [0.25, 0.3) is 5.91 Å². The highest BCUT2D eigenvalue weighted by molar-refractivity contribution is 5.98. The van der Waals surface area contributed by atoms with E-state index in [2.05, 4.69) is 0 Å². The van der Waals surface area contributed by atoms with Gasteiger partial charge in [-0.2, -0.15) is 4.39 Å². The summed E-state index contributed by atoms with van der Waals surface area (Å²) in [6.45, 7) is 0. The van der Waals surface area contributed by atoms with Crippen LogP contribution in [0.3, 0.4) is 0 Å². The molecule has 0 saturated carbocycles. The minimum Gasteiger partial charge on any atom is -0.454 e. The van der Waals surface area contributed by atoms with Crippen LogP contribution in [0.5, 0.6) is 11.5 Å². The van der Waals surface area contributed by atoms with Gasteiger partial charge in [-0.25, -0.2) is 4.39 Å². The number of halogens is 2. The van der Waals surface area contributed by atoms with Gasteiger partial charge in [-0.3, -0.25) is 4.79 Å². The van der Waals surface area contributed by atoms with Gasteiger partial charge < -0.3 is 16.2 Å². The van der Waals surface area contributed by atoms with Gasteiger partial charge in [-0.05, 0) is 30.3 Å². The second-order valence-corrected chi connectivity index (χ2v) is 3.77. The summed E-state index contributed by atoms with van der Waals surface area (Å²) in [6, 6.07) is 7.62. The zero-order valence-electron chi connectivity index (χ0n) is 9.69. The van der Waals surface area contributed by atoms with E-state index in [4.69, 9.17) is 16.2 Å². The van der Waals surface area contributed by atoms with E-state index < -0.39 is 17.5 Å². The van der Waals surface area contributed by atoms with Crippen molar-refractivity contribution in [2.75, 3.05) is 5.73 Å². The van der Waals surface area contributed by atoms with E-state index in [0.29, 0.717) is 0 Å². The van der Waals surface area contributed by atoms with Crippen LogP contribution < -0.4 is 16.2 Å². The lowest BCUT2D eigenvalue weighted by Gasteiger charge is -2.09. The number of anilines is 1. The van der Waals surface area contributed by atoms with E-state index >= 15 is 0 Å². The SMILES string of the molecule is NC(=O)c1cc(Oc2cccc(F)c2F)ccc1N. The van der Waals surface area contributed by atoms with Crippen LogP contribution in [0.15, 0.2) is 36.4 Å². The first-order chi connectivity index (χ1) is 8.99. The minimum absolute atomic E-state index is 0.0503. The first kappa shape index (κ1) is 12.8. The quantitative estimate of drug-likeness (QED) is 0.836. The fraction of sp³-hybridized carbons (Fsp3) is 0. The lowest BCUT2D eigenvalue weighted by Crippen LogP contribution is -2.13. The molecule has 2 aromatic carbocycles. The van der Waals surface area contributed by atoms with Crippen LogP contribution in [-0.2, 0) is 0 Å². The van der Waals surface area contributed by atoms with Crippen molar-refractivity contribution in [3.8, 4) is 11.5 Å². The molecule has 0 atom stereocenters. The Kier molecular flexibility index (Phi) is 3.33. The summed E-state index contributed by atoms with van der Waals surface area (Å²) >= 11 is 0. The number of carbonyl (C=O) groups excluding carboxylic acids is 1. The number of amides is 1. The summed E-state index contributed by atoms with van der Waals surface area (Å²) in [5.41, 5.74) is 10.9. The van der Waals surface area contributed by atoms with Crippen LogP contribution in [0.4, 0.5) is 14.5 Å². The van der Waals surface area contributed by atoms with Crippen molar-refractivity contribution in [1.29, 1.82) is 0 Å². The van der Waals surface area contributed by atoms with E-state index in [1.165, 1.54) is 30.3 Å². The van der Waals surface area contributed by atoms with Gasteiger partial charge in [0.2, 0.25) is 5.82 Å². The van der Waals surface area contributed by atoms with Crippen molar-refractivity contribution in [2.24, 2.45) is 5.73 Å². The van der Waals surface area contributed by atoms with Crippen molar-refractivity contribution in [3.05, 3.63) is 53.6 Å². The Hall–Kier alpha value is -2.63. The van der Waals surface area contributed by atoms with Crippen molar-refractivity contribution >= 4 is 11.6 Å². The second-order valence-electron chi connectivity index (χ2n) is 3.77. The molecule has 2 aromatic rings. The van der Waals surface area contributed by atoms with Gasteiger partial charge in [0.05, 0.1) is 5.56 Å².